The van der Waals surface area contributed by atoms with Crippen molar-refractivity contribution >= 4 is 55.2 Å². The molecule has 0 fully saturated rings. The molecule has 0 saturated carbocycles. The first kappa shape index (κ1) is 16.2. The van der Waals surface area contributed by atoms with E-state index in [0.29, 0.717) is 21.9 Å². The van der Waals surface area contributed by atoms with Crippen molar-refractivity contribution in [1.29, 1.82) is 0 Å². The van der Waals surface area contributed by atoms with E-state index >= 15 is 0 Å². The standard InChI is InChI=1S/C9H7BrF2IN2P.C2H6/c1-4-8-6(9(11)12)2-5(10)3-7(8)15(14-4)16-13;1-2/h2-3,9,16H,1H3;1-2H3. The Morgan fingerprint density at radius 2 is 2.00 bits per heavy atom. The Labute approximate surface area is 128 Å². The van der Waals surface area contributed by atoms with E-state index in [9.17, 15) is 8.78 Å². The van der Waals surface area contributed by atoms with Crippen LogP contribution in [-0.4, -0.2) is 9.55 Å². The third kappa shape index (κ3) is 3.20. The molecule has 0 aliphatic heterocycles. The van der Waals surface area contributed by atoms with Crippen molar-refractivity contribution in [2.45, 2.75) is 27.2 Å². The first-order chi connectivity index (χ1) is 8.54. The Morgan fingerprint density at radius 3 is 2.50 bits per heavy atom. The number of fused-ring (bicyclic) bond motifs is 1. The first-order valence-electron chi connectivity index (χ1n) is 5.38. The van der Waals surface area contributed by atoms with Gasteiger partial charge >= 0.3 is 0 Å². The van der Waals surface area contributed by atoms with Crippen molar-refractivity contribution in [2.75, 3.05) is 0 Å². The maximum atomic E-state index is 12.9. The van der Waals surface area contributed by atoms with Crippen molar-refractivity contribution in [3.05, 3.63) is 27.9 Å². The fourth-order valence-corrected chi connectivity index (χ4v) is 3.69. The van der Waals surface area contributed by atoms with Crippen molar-refractivity contribution in [3.8, 4) is 0 Å². The monoisotopic (exact) mass is 448 g/mol. The Hall–Kier alpha value is 0.190. The normalized spacial score (nSPS) is 11.3. The molecule has 1 heterocycles. The Morgan fingerprint density at radius 1 is 1.39 bits per heavy atom. The van der Waals surface area contributed by atoms with E-state index in [1.807, 2.05) is 19.9 Å². The molecular formula is C11H13BrF2IN2P. The predicted molar refractivity (Wildman–Crippen MR) is 86.2 cm³/mol. The van der Waals surface area contributed by atoms with Gasteiger partial charge < -0.3 is 0 Å². The number of alkyl halides is 2. The van der Waals surface area contributed by atoms with Gasteiger partial charge in [0.2, 0.25) is 0 Å². The predicted octanol–water partition coefficient (Wildman–Crippen LogP) is 5.86. The summed E-state index contributed by atoms with van der Waals surface area (Å²) in [6.07, 6.45) is -2.08. The first-order valence-corrected chi connectivity index (χ1v) is 10.2. The topological polar surface area (TPSA) is 17.8 Å². The van der Waals surface area contributed by atoms with E-state index in [2.05, 4.69) is 43.1 Å². The van der Waals surface area contributed by atoms with Gasteiger partial charge in [0, 0.05) is 15.4 Å². The van der Waals surface area contributed by atoms with Crippen LogP contribution in [0.3, 0.4) is 0 Å². The van der Waals surface area contributed by atoms with Crippen LogP contribution in [-0.2, 0) is 0 Å². The molecule has 1 atom stereocenters. The van der Waals surface area contributed by atoms with Crippen molar-refractivity contribution < 1.29 is 8.78 Å². The molecule has 2 rings (SSSR count). The molecule has 0 saturated heterocycles. The molecule has 0 aliphatic rings. The van der Waals surface area contributed by atoms with E-state index in [1.54, 1.807) is 11.4 Å². The molecule has 1 aromatic heterocycles. The van der Waals surface area contributed by atoms with Crippen molar-refractivity contribution in [2.24, 2.45) is 0 Å². The summed E-state index contributed by atoms with van der Waals surface area (Å²) in [6.45, 7) is 5.76. The summed E-state index contributed by atoms with van der Waals surface area (Å²) in [5.41, 5.74) is 1.46. The summed E-state index contributed by atoms with van der Waals surface area (Å²) in [5, 5.41) is 4.83. The van der Waals surface area contributed by atoms with Crippen molar-refractivity contribution in [1.82, 2.24) is 9.55 Å². The van der Waals surface area contributed by atoms with E-state index in [0.717, 1.165) is 5.52 Å². The van der Waals surface area contributed by atoms with Gasteiger partial charge in [0.25, 0.3) is 6.43 Å². The summed E-state index contributed by atoms with van der Waals surface area (Å²) >= 11 is 5.43. The van der Waals surface area contributed by atoms with Crippen LogP contribution in [0, 0.1) is 6.92 Å². The third-order valence-electron chi connectivity index (χ3n) is 2.27. The molecule has 0 N–H and O–H groups in total. The van der Waals surface area contributed by atoms with Crippen LogP contribution in [0.1, 0.15) is 31.5 Å². The molecule has 0 aliphatic carbocycles. The number of rotatable bonds is 2. The van der Waals surface area contributed by atoms with Gasteiger partial charge in [0.05, 0.1) is 17.6 Å². The van der Waals surface area contributed by atoms with Crippen LogP contribution >= 0.6 is 44.3 Å². The van der Waals surface area contributed by atoms with E-state index in [4.69, 9.17) is 0 Å². The molecule has 0 radical (unpaired) electrons. The summed E-state index contributed by atoms with van der Waals surface area (Å²) in [7, 11) is 0. The molecule has 100 valence electrons. The lowest BCUT2D eigenvalue weighted by atomic mass is 10.1. The maximum absolute atomic E-state index is 12.9. The largest absolute Gasteiger partial charge is 0.264 e. The molecular weight excluding hydrogens is 436 g/mol. The fourth-order valence-electron chi connectivity index (χ4n) is 1.66. The number of aromatic nitrogens is 2. The number of halogens is 4. The number of hydrogen-bond donors (Lipinski definition) is 0. The van der Waals surface area contributed by atoms with Crippen LogP contribution in [0.4, 0.5) is 8.78 Å². The smallest absolute Gasteiger partial charge is 0.237 e. The average Bonchev–Trinajstić information content (AvgIpc) is 2.67. The van der Waals surface area contributed by atoms with E-state index < -0.39 is 6.43 Å². The highest BCUT2D eigenvalue weighted by Crippen LogP contribution is 2.37. The van der Waals surface area contributed by atoms with Crippen molar-refractivity contribution in [3.63, 3.8) is 0 Å². The minimum Gasteiger partial charge on any atom is -0.237 e. The quantitative estimate of drug-likeness (QED) is 0.415. The van der Waals surface area contributed by atoms with Crippen LogP contribution in [0.5, 0.6) is 0 Å². The second-order valence-corrected chi connectivity index (χ2v) is 6.23. The molecule has 2 nitrogen and oxygen atoms in total. The van der Waals surface area contributed by atoms with Gasteiger partial charge in [-0.25, -0.2) is 13.2 Å². The minimum absolute atomic E-state index is 0.0442. The van der Waals surface area contributed by atoms with Gasteiger partial charge in [0.1, 0.15) is 0 Å². The molecule has 7 heteroatoms. The molecule has 0 bridgehead atoms. The molecule has 1 unspecified atom stereocenters. The summed E-state index contributed by atoms with van der Waals surface area (Å²) in [5.74, 6) is 0. The zero-order valence-corrected chi connectivity index (χ0v) is 14.9. The second-order valence-electron chi connectivity index (χ2n) is 3.27. The maximum Gasteiger partial charge on any atom is 0.264 e. The van der Waals surface area contributed by atoms with Gasteiger partial charge in [-0.15, -0.1) is 0 Å². The number of aryl methyl sites for hydroxylation is 1. The Bertz CT molecular complexity index is 545. The average molecular weight is 449 g/mol. The lowest BCUT2D eigenvalue weighted by Crippen LogP contribution is -1.88. The number of nitrogens with zero attached hydrogens (tertiary/aromatic N) is 2. The fraction of sp³-hybridized carbons (Fsp3) is 0.364. The molecule has 0 spiro atoms. The van der Waals surface area contributed by atoms with Crippen LogP contribution in [0.25, 0.3) is 10.9 Å². The minimum atomic E-state index is -2.48. The zero-order chi connectivity index (χ0) is 13.9. The van der Waals surface area contributed by atoms with E-state index in [-0.39, 0.29) is 5.56 Å². The summed E-state index contributed by atoms with van der Waals surface area (Å²) < 4.78 is 28.2. The van der Waals surface area contributed by atoms with Crippen LogP contribution in [0.15, 0.2) is 16.6 Å². The van der Waals surface area contributed by atoms with Crippen LogP contribution in [0.2, 0.25) is 0 Å². The molecule has 0 amide bonds. The molecule has 18 heavy (non-hydrogen) atoms. The number of hydrogen-bond acceptors (Lipinski definition) is 1. The molecule has 1 aromatic carbocycles. The highest BCUT2D eigenvalue weighted by Gasteiger charge is 2.18. The number of benzene rings is 1. The van der Waals surface area contributed by atoms with Gasteiger partial charge in [0.15, 0.2) is 0 Å². The summed E-state index contributed by atoms with van der Waals surface area (Å²) in [4.78, 5) is 0. The van der Waals surface area contributed by atoms with Gasteiger partial charge in [-0.2, -0.15) is 5.10 Å². The highest BCUT2D eigenvalue weighted by molar-refractivity contribution is 14.2. The Balaban J connectivity index is 0.000000771. The van der Waals surface area contributed by atoms with Crippen LogP contribution < -0.4 is 0 Å². The van der Waals surface area contributed by atoms with Gasteiger partial charge in [-0.05, 0) is 41.1 Å². The second kappa shape index (κ2) is 7.10. The zero-order valence-electron chi connectivity index (χ0n) is 10.1. The highest BCUT2D eigenvalue weighted by atomic mass is 127. The van der Waals surface area contributed by atoms with E-state index in [1.165, 1.54) is 6.07 Å². The van der Waals surface area contributed by atoms with Gasteiger partial charge in [-0.3, -0.25) is 0 Å². The van der Waals surface area contributed by atoms with Gasteiger partial charge in [-0.1, -0.05) is 29.8 Å². The third-order valence-corrected chi connectivity index (χ3v) is 4.60. The SMILES string of the molecule is CC.Cc1nn(PI)c2cc(Br)cc(C(F)F)c12. The summed E-state index contributed by atoms with van der Waals surface area (Å²) in [6, 6.07) is 3.29. The lowest BCUT2D eigenvalue weighted by molar-refractivity contribution is 0.153. The molecule has 2 aromatic rings. The Kier molecular flexibility index (Phi) is 6.41. The lowest BCUT2D eigenvalue weighted by Gasteiger charge is -2.04.